The lowest BCUT2D eigenvalue weighted by molar-refractivity contribution is 0.272. The molecule has 68 valence electrons. The van der Waals surface area contributed by atoms with E-state index in [0.717, 1.165) is 15.8 Å². The first-order valence-corrected chi connectivity index (χ1v) is 5.20. The molecule has 0 aliphatic rings. The van der Waals surface area contributed by atoms with Crippen LogP contribution in [0.5, 0.6) is 0 Å². The van der Waals surface area contributed by atoms with Gasteiger partial charge in [-0.3, -0.25) is 0 Å². The van der Waals surface area contributed by atoms with Crippen LogP contribution in [0.4, 0.5) is 0 Å². The highest BCUT2D eigenvalue weighted by molar-refractivity contribution is 14.1. The molecule has 0 saturated carbocycles. The monoisotopic (exact) mass is 280 g/mol. The molecule has 0 bridgehead atoms. The predicted molar refractivity (Wildman–Crippen MR) is 55.8 cm³/mol. The number of aromatic amines is 1. The second-order valence-corrected chi connectivity index (χ2v) is 3.74. The maximum absolute atomic E-state index is 8.80. The van der Waals surface area contributed by atoms with E-state index >= 15 is 0 Å². The molecule has 0 atom stereocenters. The Morgan fingerprint density at radius 1 is 1.58 bits per heavy atom. The lowest BCUT2D eigenvalue weighted by Crippen LogP contribution is -1.88. The van der Waals surface area contributed by atoms with Crippen LogP contribution in [-0.4, -0.2) is 15.1 Å². The first-order valence-electron chi connectivity index (χ1n) is 4.12. The summed E-state index contributed by atoms with van der Waals surface area (Å²) in [6, 6.07) is 0. The summed E-state index contributed by atoms with van der Waals surface area (Å²) in [5.41, 5.74) is 1.15. The fourth-order valence-electron chi connectivity index (χ4n) is 1.03. The van der Waals surface area contributed by atoms with Crippen molar-refractivity contribution in [1.82, 2.24) is 9.97 Å². The van der Waals surface area contributed by atoms with Crippen LogP contribution in [0.3, 0.4) is 0 Å². The average molecular weight is 280 g/mol. The molecule has 1 heterocycles. The van der Waals surface area contributed by atoms with Crippen LogP contribution in [0, 0.1) is 3.70 Å². The SMILES string of the molecule is CCCCc1[nH]c(CO)nc1I. The molecule has 2 N–H and O–H groups in total. The molecule has 0 fully saturated rings. The van der Waals surface area contributed by atoms with Crippen molar-refractivity contribution in [2.45, 2.75) is 32.8 Å². The van der Waals surface area contributed by atoms with Gasteiger partial charge in [-0.05, 0) is 35.4 Å². The molecule has 4 heteroatoms. The number of aromatic nitrogens is 2. The molecule has 1 aromatic heterocycles. The predicted octanol–water partition coefficient (Wildman–Crippen LogP) is 1.85. The third kappa shape index (κ3) is 2.45. The minimum atomic E-state index is 0.00211. The first-order chi connectivity index (χ1) is 5.77. The Balaban J connectivity index is 2.64. The van der Waals surface area contributed by atoms with Gasteiger partial charge in [0.15, 0.2) is 0 Å². The molecule has 0 aliphatic carbocycles. The fourth-order valence-corrected chi connectivity index (χ4v) is 1.73. The summed E-state index contributed by atoms with van der Waals surface area (Å²) in [6.45, 7) is 2.16. The third-order valence-corrected chi connectivity index (χ3v) is 2.60. The lowest BCUT2D eigenvalue weighted by Gasteiger charge is -1.94. The summed E-state index contributed by atoms with van der Waals surface area (Å²) in [6.07, 6.45) is 3.38. The molecule has 0 radical (unpaired) electrons. The van der Waals surface area contributed by atoms with Gasteiger partial charge in [0.1, 0.15) is 16.1 Å². The van der Waals surface area contributed by atoms with E-state index in [4.69, 9.17) is 5.11 Å². The Hall–Kier alpha value is -0.100. The van der Waals surface area contributed by atoms with Gasteiger partial charge < -0.3 is 10.1 Å². The van der Waals surface area contributed by atoms with Crippen molar-refractivity contribution in [2.24, 2.45) is 0 Å². The normalized spacial score (nSPS) is 10.6. The van der Waals surface area contributed by atoms with Crippen LogP contribution in [0.15, 0.2) is 0 Å². The zero-order chi connectivity index (χ0) is 8.97. The standard InChI is InChI=1S/C8H13IN2O/c1-2-3-4-6-8(9)11-7(5-12)10-6/h12H,2-5H2,1H3,(H,10,11). The number of H-pyrrole nitrogens is 1. The van der Waals surface area contributed by atoms with Gasteiger partial charge >= 0.3 is 0 Å². The second-order valence-electron chi connectivity index (χ2n) is 2.71. The number of hydrogen-bond donors (Lipinski definition) is 2. The van der Waals surface area contributed by atoms with Crippen LogP contribution in [0.25, 0.3) is 0 Å². The largest absolute Gasteiger partial charge is 0.388 e. The van der Waals surface area contributed by atoms with E-state index < -0.39 is 0 Å². The minimum absolute atomic E-state index is 0.00211. The molecule has 1 rings (SSSR count). The van der Waals surface area contributed by atoms with Crippen LogP contribution in [0.2, 0.25) is 0 Å². The number of imidazole rings is 1. The van der Waals surface area contributed by atoms with Crippen molar-refractivity contribution in [1.29, 1.82) is 0 Å². The van der Waals surface area contributed by atoms with E-state index in [1.807, 2.05) is 0 Å². The van der Waals surface area contributed by atoms with E-state index in [-0.39, 0.29) is 6.61 Å². The van der Waals surface area contributed by atoms with Crippen molar-refractivity contribution in [3.8, 4) is 0 Å². The molecule has 0 amide bonds. The summed E-state index contributed by atoms with van der Waals surface area (Å²) >= 11 is 2.19. The number of rotatable bonds is 4. The molecule has 0 spiro atoms. The van der Waals surface area contributed by atoms with E-state index in [0.29, 0.717) is 5.82 Å². The van der Waals surface area contributed by atoms with E-state index in [2.05, 4.69) is 39.5 Å². The average Bonchev–Trinajstić information content (AvgIpc) is 2.43. The molecule has 0 saturated heterocycles. The zero-order valence-corrected chi connectivity index (χ0v) is 9.26. The van der Waals surface area contributed by atoms with E-state index in [1.54, 1.807) is 0 Å². The summed E-state index contributed by atoms with van der Waals surface area (Å²) in [7, 11) is 0. The van der Waals surface area contributed by atoms with Crippen LogP contribution in [0.1, 0.15) is 31.3 Å². The lowest BCUT2D eigenvalue weighted by atomic mass is 10.2. The number of unbranched alkanes of at least 4 members (excludes halogenated alkanes) is 1. The van der Waals surface area contributed by atoms with Gasteiger partial charge in [-0.25, -0.2) is 4.98 Å². The molecule has 0 unspecified atom stereocenters. The van der Waals surface area contributed by atoms with Gasteiger partial charge in [-0.2, -0.15) is 0 Å². The van der Waals surface area contributed by atoms with Crippen LogP contribution in [-0.2, 0) is 13.0 Å². The number of aryl methyl sites for hydroxylation is 1. The number of hydrogen-bond acceptors (Lipinski definition) is 2. The zero-order valence-electron chi connectivity index (χ0n) is 7.10. The summed E-state index contributed by atoms with van der Waals surface area (Å²) in [4.78, 5) is 7.26. The Kier molecular flexibility index (Phi) is 4.00. The Morgan fingerprint density at radius 2 is 2.33 bits per heavy atom. The number of nitrogens with one attached hydrogen (secondary N) is 1. The minimum Gasteiger partial charge on any atom is -0.388 e. The van der Waals surface area contributed by atoms with Crippen molar-refractivity contribution in [2.75, 3.05) is 0 Å². The molecule has 0 aliphatic heterocycles. The van der Waals surface area contributed by atoms with Gasteiger partial charge in [0.2, 0.25) is 0 Å². The Bertz CT molecular complexity index is 247. The Labute approximate surface area is 85.7 Å². The molecule has 12 heavy (non-hydrogen) atoms. The Morgan fingerprint density at radius 3 is 2.83 bits per heavy atom. The first kappa shape index (κ1) is 9.98. The van der Waals surface area contributed by atoms with Crippen LogP contribution < -0.4 is 0 Å². The number of halogens is 1. The van der Waals surface area contributed by atoms with Gasteiger partial charge in [0.25, 0.3) is 0 Å². The van der Waals surface area contributed by atoms with Crippen molar-refractivity contribution in [3.05, 3.63) is 15.2 Å². The fraction of sp³-hybridized carbons (Fsp3) is 0.625. The number of aliphatic hydroxyl groups is 1. The number of aliphatic hydroxyl groups excluding tert-OH is 1. The van der Waals surface area contributed by atoms with Crippen molar-refractivity contribution in [3.63, 3.8) is 0 Å². The third-order valence-electron chi connectivity index (χ3n) is 1.71. The van der Waals surface area contributed by atoms with Crippen LogP contribution >= 0.6 is 22.6 Å². The summed E-state index contributed by atoms with van der Waals surface area (Å²) in [5, 5.41) is 8.80. The quantitative estimate of drug-likeness (QED) is 0.827. The highest BCUT2D eigenvalue weighted by atomic mass is 127. The van der Waals surface area contributed by atoms with Crippen molar-refractivity contribution >= 4 is 22.6 Å². The smallest absolute Gasteiger partial charge is 0.133 e. The molecular weight excluding hydrogens is 267 g/mol. The molecule has 0 aromatic carbocycles. The highest BCUT2D eigenvalue weighted by Gasteiger charge is 2.05. The second kappa shape index (κ2) is 4.81. The van der Waals surface area contributed by atoms with E-state index in [9.17, 15) is 0 Å². The molecule has 3 nitrogen and oxygen atoms in total. The summed E-state index contributed by atoms with van der Waals surface area (Å²) in [5.74, 6) is 0.672. The highest BCUT2D eigenvalue weighted by Crippen LogP contribution is 2.11. The van der Waals surface area contributed by atoms with Gasteiger partial charge in [0, 0.05) is 5.69 Å². The maximum Gasteiger partial charge on any atom is 0.133 e. The van der Waals surface area contributed by atoms with Gasteiger partial charge in [0.05, 0.1) is 0 Å². The summed E-state index contributed by atoms with van der Waals surface area (Å²) < 4.78 is 0.991. The maximum atomic E-state index is 8.80. The van der Waals surface area contributed by atoms with Crippen molar-refractivity contribution < 1.29 is 5.11 Å². The topological polar surface area (TPSA) is 48.9 Å². The van der Waals surface area contributed by atoms with E-state index in [1.165, 1.54) is 12.8 Å². The number of nitrogens with zero attached hydrogens (tertiary/aromatic N) is 1. The van der Waals surface area contributed by atoms with Gasteiger partial charge in [-0.15, -0.1) is 0 Å². The molecular formula is C8H13IN2O. The molecule has 1 aromatic rings. The van der Waals surface area contributed by atoms with Gasteiger partial charge in [-0.1, -0.05) is 13.3 Å².